The highest BCUT2D eigenvalue weighted by Gasteiger charge is 2.22. The van der Waals surface area contributed by atoms with Gasteiger partial charge in [0.05, 0.1) is 11.6 Å². The van der Waals surface area contributed by atoms with Crippen molar-refractivity contribution in [3.63, 3.8) is 0 Å². The van der Waals surface area contributed by atoms with Crippen LogP contribution in [-0.2, 0) is 10.1 Å². The standard InChI is InChI=1S/C10H8BrNO3/c11-4-6-2-1-3-7(5-12)8(6)9(13)10(14)15/h1-3,9,13H,4H2,(H,14,15). The fourth-order valence-corrected chi connectivity index (χ4v) is 1.76. The Balaban J connectivity index is 3.35. The first kappa shape index (κ1) is 11.7. The zero-order chi connectivity index (χ0) is 11.4. The van der Waals surface area contributed by atoms with E-state index in [1.807, 2.05) is 6.07 Å². The molecule has 5 heteroatoms. The van der Waals surface area contributed by atoms with Gasteiger partial charge < -0.3 is 10.2 Å². The quantitative estimate of drug-likeness (QED) is 0.817. The van der Waals surface area contributed by atoms with Gasteiger partial charge in [-0.25, -0.2) is 4.79 Å². The van der Waals surface area contributed by atoms with Gasteiger partial charge in [-0.3, -0.25) is 0 Å². The van der Waals surface area contributed by atoms with Crippen molar-refractivity contribution < 1.29 is 15.0 Å². The minimum Gasteiger partial charge on any atom is -0.479 e. The highest BCUT2D eigenvalue weighted by Crippen LogP contribution is 2.24. The van der Waals surface area contributed by atoms with Crippen LogP contribution in [0.3, 0.4) is 0 Å². The molecule has 0 fully saturated rings. The Morgan fingerprint density at radius 1 is 1.60 bits per heavy atom. The van der Waals surface area contributed by atoms with Gasteiger partial charge >= 0.3 is 5.97 Å². The van der Waals surface area contributed by atoms with Crippen molar-refractivity contribution in [1.29, 1.82) is 5.26 Å². The summed E-state index contributed by atoms with van der Waals surface area (Å²) in [5.74, 6) is -1.36. The molecule has 0 amide bonds. The summed E-state index contributed by atoms with van der Waals surface area (Å²) in [5.41, 5.74) is 0.940. The summed E-state index contributed by atoms with van der Waals surface area (Å²) in [7, 11) is 0. The van der Waals surface area contributed by atoms with E-state index in [1.54, 1.807) is 12.1 Å². The Morgan fingerprint density at radius 2 is 2.27 bits per heavy atom. The normalized spacial score (nSPS) is 11.8. The average Bonchev–Trinajstić information content (AvgIpc) is 2.26. The summed E-state index contributed by atoms with van der Waals surface area (Å²) in [6.07, 6.45) is -1.66. The number of hydrogen-bond acceptors (Lipinski definition) is 3. The molecule has 0 aromatic heterocycles. The number of carboxylic acids is 1. The molecule has 0 aliphatic carbocycles. The number of aliphatic hydroxyl groups is 1. The van der Waals surface area contributed by atoms with Crippen LogP contribution >= 0.6 is 15.9 Å². The lowest BCUT2D eigenvalue weighted by molar-refractivity contribution is -0.147. The number of aliphatic hydroxyl groups excluding tert-OH is 1. The molecule has 78 valence electrons. The van der Waals surface area contributed by atoms with Crippen molar-refractivity contribution in [2.45, 2.75) is 11.4 Å². The molecule has 0 saturated carbocycles. The molecule has 1 rings (SSSR count). The molecule has 1 aromatic carbocycles. The van der Waals surface area contributed by atoms with Gasteiger partial charge in [-0.1, -0.05) is 28.1 Å². The topological polar surface area (TPSA) is 81.3 Å². The molecule has 0 heterocycles. The molecule has 0 radical (unpaired) electrons. The third kappa shape index (κ3) is 2.35. The molecule has 0 aliphatic heterocycles. The second-order valence-corrected chi connectivity index (χ2v) is 3.43. The van der Waals surface area contributed by atoms with E-state index in [4.69, 9.17) is 10.4 Å². The van der Waals surface area contributed by atoms with E-state index < -0.39 is 12.1 Å². The second kappa shape index (κ2) is 4.91. The SMILES string of the molecule is N#Cc1cccc(CBr)c1C(O)C(=O)O. The van der Waals surface area contributed by atoms with E-state index >= 15 is 0 Å². The van der Waals surface area contributed by atoms with Gasteiger partial charge in [0, 0.05) is 10.9 Å². The number of carboxylic acid groups (broad SMARTS) is 1. The largest absolute Gasteiger partial charge is 0.479 e. The Hall–Kier alpha value is -1.38. The molecule has 4 nitrogen and oxygen atoms in total. The molecule has 2 N–H and O–H groups in total. The lowest BCUT2D eigenvalue weighted by atomic mass is 9.98. The van der Waals surface area contributed by atoms with Crippen molar-refractivity contribution >= 4 is 21.9 Å². The lowest BCUT2D eigenvalue weighted by Gasteiger charge is -2.11. The van der Waals surface area contributed by atoms with Crippen molar-refractivity contribution in [2.75, 3.05) is 0 Å². The number of nitrogens with zero attached hydrogens (tertiary/aromatic N) is 1. The van der Waals surface area contributed by atoms with Crippen LogP contribution < -0.4 is 0 Å². The molecule has 1 aromatic rings. The molecular formula is C10H8BrNO3. The molecule has 1 unspecified atom stereocenters. The number of halogens is 1. The minimum absolute atomic E-state index is 0.157. The fraction of sp³-hybridized carbons (Fsp3) is 0.200. The smallest absolute Gasteiger partial charge is 0.337 e. The van der Waals surface area contributed by atoms with E-state index in [0.717, 1.165) is 0 Å². The van der Waals surface area contributed by atoms with Crippen molar-refractivity contribution in [3.05, 3.63) is 34.9 Å². The number of alkyl halides is 1. The summed E-state index contributed by atoms with van der Waals surface area (Å²) < 4.78 is 0. The van der Waals surface area contributed by atoms with Gasteiger partial charge in [0.2, 0.25) is 0 Å². The third-order valence-corrected chi connectivity index (χ3v) is 2.57. The van der Waals surface area contributed by atoms with Crippen molar-refractivity contribution in [2.24, 2.45) is 0 Å². The van der Waals surface area contributed by atoms with E-state index in [1.165, 1.54) is 6.07 Å². The zero-order valence-corrected chi connectivity index (χ0v) is 9.23. The van der Waals surface area contributed by atoms with Crippen LogP contribution in [0.5, 0.6) is 0 Å². The number of carbonyl (C=O) groups is 1. The highest BCUT2D eigenvalue weighted by molar-refractivity contribution is 9.08. The first-order valence-electron chi connectivity index (χ1n) is 4.10. The van der Waals surface area contributed by atoms with Crippen LogP contribution in [0.15, 0.2) is 18.2 Å². The van der Waals surface area contributed by atoms with Crippen LogP contribution in [0.4, 0.5) is 0 Å². The number of benzene rings is 1. The van der Waals surface area contributed by atoms with Gasteiger partial charge in [-0.05, 0) is 11.6 Å². The predicted octanol–water partition coefficient (Wildman–Crippen LogP) is 1.57. The number of rotatable bonds is 3. The van der Waals surface area contributed by atoms with E-state index in [2.05, 4.69) is 15.9 Å². The fourth-order valence-electron chi connectivity index (χ4n) is 1.27. The van der Waals surface area contributed by atoms with E-state index in [0.29, 0.717) is 10.9 Å². The van der Waals surface area contributed by atoms with Crippen LogP contribution in [0, 0.1) is 11.3 Å². The summed E-state index contributed by atoms with van der Waals surface area (Å²) in [6.45, 7) is 0. The monoisotopic (exact) mass is 269 g/mol. The van der Waals surface area contributed by atoms with E-state index in [9.17, 15) is 9.90 Å². The minimum atomic E-state index is -1.66. The van der Waals surface area contributed by atoms with Crippen LogP contribution in [0.2, 0.25) is 0 Å². The van der Waals surface area contributed by atoms with Gasteiger partial charge in [0.1, 0.15) is 0 Å². The molecule has 0 saturated heterocycles. The maximum absolute atomic E-state index is 10.7. The first-order chi connectivity index (χ1) is 7.11. The van der Waals surface area contributed by atoms with Crippen molar-refractivity contribution in [3.8, 4) is 6.07 Å². The predicted molar refractivity (Wildman–Crippen MR) is 56.4 cm³/mol. The summed E-state index contributed by atoms with van der Waals surface area (Å²) in [4.78, 5) is 10.7. The van der Waals surface area contributed by atoms with Gasteiger partial charge in [-0.2, -0.15) is 5.26 Å². The number of nitriles is 1. The number of hydrogen-bond donors (Lipinski definition) is 2. The Labute approximate surface area is 94.9 Å². The molecule has 1 atom stereocenters. The summed E-state index contributed by atoms with van der Waals surface area (Å²) >= 11 is 3.18. The van der Waals surface area contributed by atoms with Crippen molar-refractivity contribution in [1.82, 2.24) is 0 Å². The second-order valence-electron chi connectivity index (χ2n) is 2.86. The van der Waals surface area contributed by atoms with Gasteiger partial charge in [0.15, 0.2) is 6.10 Å². The number of aliphatic carboxylic acids is 1. The molecule has 15 heavy (non-hydrogen) atoms. The Kier molecular flexibility index (Phi) is 3.83. The van der Waals surface area contributed by atoms with Gasteiger partial charge in [-0.15, -0.1) is 0 Å². The maximum atomic E-state index is 10.7. The molecular weight excluding hydrogens is 262 g/mol. The Morgan fingerprint density at radius 3 is 2.73 bits per heavy atom. The lowest BCUT2D eigenvalue weighted by Crippen LogP contribution is -2.14. The average molecular weight is 270 g/mol. The maximum Gasteiger partial charge on any atom is 0.337 e. The van der Waals surface area contributed by atoms with Gasteiger partial charge in [0.25, 0.3) is 0 Å². The summed E-state index contributed by atoms with van der Waals surface area (Å²) in [5, 5.41) is 27.3. The highest BCUT2D eigenvalue weighted by atomic mass is 79.9. The van der Waals surface area contributed by atoms with Crippen LogP contribution in [0.25, 0.3) is 0 Å². The van der Waals surface area contributed by atoms with Crippen LogP contribution in [0.1, 0.15) is 22.8 Å². The van der Waals surface area contributed by atoms with E-state index in [-0.39, 0.29) is 11.1 Å². The molecule has 0 spiro atoms. The summed E-state index contributed by atoms with van der Waals surface area (Å²) in [6, 6.07) is 6.65. The first-order valence-corrected chi connectivity index (χ1v) is 5.22. The van der Waals surface area contributed by atoms with Crippen LogP contribution in [-0.4, -0.2) is 16.2 Å². The third-order valence-electron chi connectivity index (χ3n) is 1.97. The Bertz CT molecular complexity index is 425. The zero-order valence-electron chi connectivity index (χ0n) is 7.64. The molecule has 0 aliphatic rings. The molecule has 0 bridgehead atoms.